The number of nitrogens with two attached hydrogens (primary N) is 1. The fourth-order valence-corrected chi connectivity index (χ4v) is 3.62. The van der Waals surface area contributed by atoms with E-state index in [4.69, 9.17) is 5.73 Å². The van der Waals surface area contributed by atoms with Gasteiger partial charge < -0.3 is 5.73 Å². The lowest BCUT2D eigenvalue weighted by molar-refractivity contribution is -0.384. The highest BCUT2D eigenvalue weighted by Gasteiger charge is 2.29. The number of non-ortho nitro benzene ring substituents is 1. The standard InChI is InChI=1S/C11H15N3O4S.ClH/c12-9-2-1-7-13(8-9)19(17,18)11-5-3-10(4-6-11)14(15)16;/h3-6,9H,1-2,7-8,12H2;1H/t9-;/m1./s1. The molecule has 2 rings (SSSR count). The minimum absolute atomic E-state index is 0. The van der Waals surface area contributed by atoms with Gasteiger partial charge in [-0.25, -0.2) is 8.42 Å². The number of rotatable bonds is 3. The van der Waals surface area contributed by atoms with Crippen molar-refractivity contribution in [3.63, 3.8) is 0 Å². The highest BCUT2D eigenvalue weighted by Crippen LogP contribution is 2.22. The van der Waals surface area contributed by atoms with E-state index in [9.17, 15) is 18.5 Å². The summed E-state index contributed by atoms with van der Waals surface area (Å²) in [5.74, 6) is 0. The molecule has 1 aromatic rings. The molecule has 1 aromatic carbocycles. The highest BCUT2D eigenvalue weighted by atomic mass is 35.5. The van der Waals surface area contributed by atoms with Crippen molar-refractivity contribution in [1.82, 2.24) is 4.31 Å². The van der Waals surface area contributed by atoms with E-state index in [0.717, 1.165) is 12.8 Å². The van der Waals surface area contributed by atoms with Crippen molar-refractivity contribution in [2.45, 2.75) is 23.8 Å². The van der Waals surface area contributed by atoms with Gasteiger partial charge in [0.25, 0.3) is 5.69 Å². The Morgan fingerprint density at radius 1 is 1.30 bits per heavy atom. The van der Waals surface area contributed by atoms with Gasteiger partial charge in [-0.3, -0.25) is 10.1 Å². The Bertz CT molecular complexity index is 576. The predicted molar refractivity (Wildman–Crippen MR) is 76.3 cm³/mol. The summed E-state index contributed by atoms with van der Waals surface area (Å²) in [6.45, 7) is 0.729. The SMILES string of the molecule is Cl.N[C@@H]1CCCN(S(=O)(=O)c2ccc([N+](=O)[O-])cc2)C1. The average molecular weight is 322 g/mol. The second kappa shape index (κ2) is 6.49. The molecule has 1 fully saturated rings. The van der Waals surface area contributed by atoms with Gasteiger partial charge in [-0.2, -0.15) is 4.31 Å². The van der Waals surface area contributed by atoms with Gasteiger partial charge in [0, 0.05) is 31.3 Å². The number of hydrogen-bond acceptors (Lipinski definition) is 5. The number of sulfonamides is 1. The van der Waals surface area contributed by atoms with Crippen LogP contribution in [0.1, 0.15) is 12.8 Å². The molecule has 0 amide bonds. The van der Waals surface area contributed by atoms with Crippen LogP contribution in [0.3, 0.4) is 0 Å². The van der Waals surface area contributed by atoms with Crippen LogP contribution in [0.15, 0.2) is 29.2 Å². The first-order chi connectivity index (χ1) is 8.91. The van der Waals surface area contributed by atoms with Crippen LogP contribution in [0.25, 0.3) is 0 Å². The minimum Gasteiger partial charge on any atom is -0.327 e. The van der Waals surface area contributed by atoms with Gasteiger partial charge in [0.05, 0.1) is 9.82 Å². The summed E-state index contributed by atoms with van der Waals surface area (Å²) in [5.41, 5.74) is 5.64. The van der Waals surface area contributed by atoms with Gasteiger partial charge in [0.15, 0.2) is 0 Å². The molecule has 0 radical (unpaired) electrons. The van der Waals surface area contributed by atoms with E-state index in [1.807, 2.05) is 0 Å². The lowest BCUT2D eigenvalue weighted by Crippen LogP contribution is -2.45. The van der Waals surface area contributed by atoms with Gasteiger partial charge in [-0.1, -0.05) is 0 Å². The molecule has 1 saturated heterocycles. The molecule has 0 unspecified atom stereocenters. The Hall–Kier alpha value is -1.22. The van der Waals surface area contributed by atoms with Crippen molar-refractivity contribution in [3.05, 3.63) is 34.4 Å². The van der Waals surface area contributed by atoms with E-state index in [0.29, 0.717) is 13.1 Å². The van der Waals surface area contributed by atoms with Crippen molar-refractivity contribution in [2.24, 2.45) is 5.73 Å². The number of nitro groups is 1. The molecule has 0 aromatic heterocycles. The van der Waals surface area contributed by atoms with Crippen LogP contribution in [0.2, 0.25) is 0 Å². The summed E-state index contributed by atoms with van der Waals surface area (Å²) in [6.07, 6.45) is 1.54. The zero-order valence-corrected chi connectivity index (χ0v) is 12.3. The Labute approximate surface area is 123 Å². The van der Waals surface area contributed by atoms with Gasteiger partial charge in [0.1, 0.15) is 0 Å². The van der Waals surface area contributed by atoms with Crippen LogP contribution < -0.4 is 5.73 Å². The van der Waals surface area contributed by atoms with Crippen molar-refractivity contribution < 1.29 is 13.3 Å². The van der Waals surface area contributed by atoms with Gasteiger partial charge in [-0.15, -0.1) is 12.4 Å². The monoisotopic (exact) mass is 321 g/mol. The molecule has 112 valence electrons. The van der Waals surface area contributed by atoms with Gasteiger partial charge in [-0.05, 0) is 25.0 Å². The van der Waals surface area contributed by atoms with Gasteiger partial charge >= 0.3 is 0 Å². The molecule has 20 heavy (non-hydrogen) atoms. The molecular weight excluding hydrogens is 306 g/mol. The fourth-order valence-electron chi connectivity index (χ4n) is 2.08. The molecule has 0 bridgehead atoms. The number of nitro benzene ring substituents is 1. The normalized spacial score (nSPS) is 20.1. The third-order valence-electron chi connectivity index (χ3n) is 3.11. The third-order valence-corrected chi connectivity index (χ3v) is 4.99. The highest BCUT2D eigenvalue weighted by molar-refractivity contribution is 7.89. The molecule has 0 saturated carbocycles. The largest absolute Gasteiger partial charge is 0.327 e. The molecule has 1 atom stereocenters. The van der Waals surface area contributed by atoms with Crippen LogP contribution in [0.4, 0.5) is 5.69 Å². The van der Waals surface area contributed by atoms with E-state index in [2.05, 4.69) is 0 Å². The van der Waals surface area contributed by atoms with E-state index in [1.165, 1.54) is 28.6 Å². The van der Waals surface area contributed by atoms with E-state index in [-0.39, 0.29) is 29.0 Å². The molecule has 0 spiro atoms. The Morgan fingerprint density at radius 3 is 2.40 bits per heavy atom. The summed E-state index contributed by atoms with van der Waals surface area (Å²) in [6, 6.07) is 4.75. The molecule has 2 N–H and O–H groups in total. The smallest absolute Gasteiger partial charge is 0.269 e. The first-order valence-electron chi connectivity index (χ1n) is 5.91. The Morgan fingerprint density at radius 2 is 1.90 bits per heavy atom. The zero-order valence-electron chi connectivity index (χ0n) is 10.6. The van der Waals surface area contributed by atoms with Crippen molar-refractivity contribution in [2.75, 3.05) is 13.1 Å². The van der Waals surface area contributed by atoms with Crippen molar-refractivity contribution in [1.29, 1.82) is 0 Å². The number of halogens is 1. The van der Waals surface area contributed by atoms with E-state index >= 15 is 0 Å². The summed E-state index contributed by atoms with van der Waals surface area (Å²) < 4.78 is 26.0. The minimum atomic E-state index is -3.61. The number of benzene rings is 1. The third kappa shape index (κ3) is 3.45. The quantitative estimate of drug-likeness (QED) is 0.663. The second-order valence-electron chi connectivity index (χ2n) is 4.52. The predicted octanol–water partition coefficient (Wildman–Crippen LogP) is 1.13. The topological polar surface area (TPSA) is 107 Å². The molecule has 9 heteroatoms. The van der Waals surface area contributed by atoms with Crippen molar-refractivity contribution in [3.8, 4) is 0 Å². The lowest BCUT2D eigenvalue weighted by atomic mass is 10.1. The maximum absolute atomic E-state index is 12.3. The molecular formula is C11H16ClN3O4S. The van der Waals surface area contributed by atoms with Crippen LogP contribution in [0, 0.1) is 10.1 Å². The summed E-state index contributed by atoms with van der Waals surface area (Å²) in [7, 11) is -3.61. The number of nitrogens with zero attached hydrogens (tertiary/aromatic N) is 2. The Kier molecular flexibility index (Phi) is 5.46. The first kappa shape index (κ1) is 16.8. The van der Waals surface area contributed by atoms with Crippen LogP contribution in [-0.4, -0.2) is 36.8 Å². The van der Waals surface area contributed by atoms with Crippen LogP contribution in [-0.2, 0) is 10.0 Å². The molecule has 0 aliphatic carbocycles. The zero-order chi connectivity index (χ0) is 14.0. The molecule has 1 heterocycles. The first-order valence-corrected chi connectivity index (χ1v) is 7.35. The molecule has 7 nitrogen and oxygen atoms in total. The summed E-state index contributed by atoms with van der Waals surface area (Å²) >= 11 is 0. The lowest BCUT2D eigenvalue weighted by Gasteiger charge is -2.29. The van der Waals surface area contributed by atoms with Crippen LogP contribution in [0.5, 0.6) is 0 Å². The number of piperidine rings is 1. The molecule has 1 aliphatic rings. The van der Waals surface area contributed by atoms with Crippen LogP contribution >= 0.6 is 12.4 Å². The maximum Gasteiger partial charge on any atom is 0.269 e. The number of hydrogen-bond donors (Lipinski definition) is 1. The second-order valence-corrected chi connectivity index (χ2v) is 6.45. The maximum atomic E-state index is 12.3. The van der Waals surface area contributed by atoms with E-state index in [1.54, 1.807) is 0 Å². The van der Waals surface area contributed by atoms with Gasteiger partial charge in [0.2, 0.25) is 10.0 Å². The average Bonchev–Trinajstić information content (AvgIpc) is 2.39. The van der Waals surface area contributed by atoms with Crippen molar-refractivity contribution >= 4 is 28.1 Å². The Balaban J connectivity index is 0.00000200. The summed E-state index contributed by atoms with van der Waals surface area (Å²) in [4.78, 5) is 10.0. The fraction of sp³-hybridized carbons (Fsp3) is 0.455. The molecule has 1 aliphatic heterocycles. The summed E-state index contributed by atoms with van der Waals surface area (Å²) in [5, 5.41) is 10.5. The van der Waals surface area contributed by atoms with E-state index < -0.39 is 14.9 Å².